The summed E-state index contributed by atoms with van der Waals surface area (Å²) in [5.74, 6) is 7.15. The average Bonchev–Trinajstić information content (AvgIpc) is 2.86. The van der Waals surface area contributed by atoms with Gasteiger partial charge in [0.25, 0.3) is 0 Å². The van der Waals surface area contributed by atoms with Crippen LogP contribution >= 0.6 is 43.2 Å². The van der Waals surface area contributed by atoms with Crippen LogP contribution in [-0.2, 0) is 0 Å². The van der Waals surface area contributed by atoms with E-state index in [1.54, 1.807) is 25.6 Å². The van der Waals surface area contributed by atoms with Gasteiger partial charge in [-0.1, -0.05) is 0 Å². The maximum Gasteiger partial charge on any atom is 0.141 e. The summed E-state index contributed by atoms with van der Waals surface area (Å²) in [6.07, 6.45) is 0. The van der Waals surface area contributed by atoms with E-state index in [4.69, 9.17) is 15.3 Å². The van der Waals surface area contributed by atoms with Crippen LogP contribution < -0.4 is 20.7 Å². The molecule has 4 nitrogen and oxygen atoms in total. The second-order valence-electron chi connectivity index (χ2n) is 3.99. The molecular formula is C13H14Br2N2O2S. The van der Waals surface area contributed by atoms with Crippen molar-refractivity contribution < 1.29 is 9.47 Å². The molecule has 1 heterocycles. The summed E-state index contributed by atoms with van der Waals surface area (Å²) in [7, 11) is 3.24. The first-order valence-corrected chi connectivity index (χ1v) is 8.19. The van der Waals surface area contributed by atoms with Crippen molar-refractivity contribution in [3.8, 4) is 11.5 Å². The zero-order valence-electron chi connectivity index (χ0n) is 10.9. The molecule has 20 heavy (non-hydrogen) atoms. The molecule has 1 unspecified atom stereocenters. The second-order valence-corrected chi connectivity index (χ2v) is 7.07. The summed E-state index contributed by atoms with van der Waals surface area (Å²) in [5, 5.41) is 2.05. The van der Waals surface area contributed by atoms with Crippen molar-refractivity contribution in [3.05, 3.63) is 43.0 Å². The quantitative estimate of drug-likeness (QED) is 0.568. The second kappa shape index (κ2) is 6.91. The van der Waals surface area contributed by atoms with Gasteiger partial charge in [-0.15, -0.1) is 11.3 Å². The van der Waals surface area contributed by atoms with Gasteiger partial charge in [-0.3, -0.25) is 5.84 Å². The van der Waals surface area contributed by atoms with Gasteiger partial charge < -0.3 is 9.47 Å². The predicted octanol–water partition coefficient (Wildman–Crippen LogP) is 3.84. The molecule has 2 rings (SSSR count). The van der Waals surface area contributed by atoms with Crippen LogP contribution in [0.5, 0.6) is 11.5 Å². The minimum absolute atomic E-state index is 0.158. The molecule has 0 saturated carbocycles. The topological polar surface area (TPSA) is 56.5 Å². The molecule has 1 atom stereocenters. The van der Waals surface area contributed by atoms with Crippen molar-refractivity contribution >= 4 is 43.2 Å². The first kappa shape index (κ1) is 15.8. The summed E-state index contributed by atoms with van der Waals surface area (Å²) in [5.41, 5.74) is 4.84. The van der Waals surface area contributed by atoms with Gasteiger partial charge in [0.1, 0.15) is 16.0 Å². The minimum Gasteiger partial charge on any atom is -0.495 e. The van der Waals surface area contributed by atoms with E-state index in [1.165, 1.54) is 0 Å². The molecule has 0 aliphatic heterocycles. The zero-order chi connectivity index (χ0) is 14.7. The van der Waals surface area contributed by atoms with Crippen molar-refractivity contribution in [3.63, 3.8) is 0 Å². The van der Waals surface area contributed by atoms with E-state index in [2.05, 4.69) is 37.3 Å². The average molecular weight is 422 g/mol. The Labute approximate surface area is 138 Å². The molecule has 0 spiro atoms. The largest absolute Gasteiger partial charge is 0.495 e. The van der Waals surface area contributed by atoms with E-state index in [0.717, 1.165) is 19.4 Å². The molecule has 0 saturated heterocycles. The number of hydrazine groups is 1. The molecule has 7 heteroatoms. The van der Waals surface area contributed by atoms with Gasteiger partial charge in [0.15, 0.2) is 0 Å². The van der Waals surface area contributed by atoms with Crippen molar-refractivity contribution in [2.24, 2.45) is 5.84 Å². The maximum atomic E-state index is 5.73. The number of benzene rings is 1. The lowest BCUT2D eigenvalue weighted by Gasteiger charge is -2.20. The predicted molar refractivity (Wildman–Crippen MR) is 88.4 cm³/mol. The Hall–Kier alpha value is -0.600. The highest BCUT2D eigenvalue weighted by molar-refractivity contribution is 9.11. The molecule has 0 bridgehead atoms. The summed E-state index contributed by atoms with van der Waals surface area (Å²) in [4.78, 5) is 0. The lowest BCUT2D eigenvalue weighted by Crippen LogP contribution is -2.28. The van der Waals surface area contributed by atoms with Gasteiger partial charge in [-0.05, 0) is 61.0 Å². The molecule has 1 aromatic carbocycles. The highest BCUT2D eigenvalue weighted by atomic mass is 79.9. The van der Waals surface area contributed by atoms with E-state index in [0.29, 0.717) is 11.5 Å². The maximum absolute atomic E-state index is 5.73. The minimum atomic E-state index is -0.158. The fourth-order valence-corrected chi connectivity index (χ4v) is 3.87. The Bertz CT molecular complexity index is 604. The van der Waals surface area contributed by atoms with Gasteiger partial charge in [0.2, 0.25) is 0 Å². The van der Waals surface area contributed by atoms with Gasteiger partial charge >= 0.3 is 0 Å². The van der Waals surface area contributed by atoms with Gasteiger partial charge in [-0.25, -0.2) is 5.43 Å². The molecule has 108 valence electrons. The number of thiophene rings is 1. The summed E-state index contributed by atoms with van der Waals surface area (Å²) in [6.45, 7) is 0. The third kappa shape index (κ3) is 3.01. The highest BCUT2D eigenvalue weighted by Gasteiger charge is 2.21. The number of ether oxygens (including phenoxy) is 2. The number of nitrogens with one attached hydrogen (secondary N) is 1. The van der Waals surface area contributed by atoms with Crippen molar-refractivity contribution in [2.75, 3.05) is 14.2 Å². The summed E-state index contributed by atoms with van der Waals surface area (Å²) in [6, 6.07) is 5.70. The van der Waals surface area contributed by atoms with Crippen molar-refractivity contribution in [1.29, 1.82) is 0 Å². The van der Waals surface area contributed by atoms with E-state index in [9.17, 15) is 0 Å². The fourth-order valence-electron chi connectivity index (χ4n) is 1.99. The normalized spacial score (nSPS) is 12.2. The Morgan fingerprint density at radius 3 is 2.50 bits per heavy atom. The Morgan fingerprint density at radius 1 is 1.25 bits per heavy atom. The number of hydrogen-bond donors (Lipinski definition) is 2. The molecule has 0 radical (unpaired) electrons. The van der Waals surface area contributed by atoms with E-state index in [1.807, 2.05) is 23.6 Å². The zero-order valence-corrected chi connectivity index (χ0v) is 14.9. The summed E-state index contributed by atoms with van der Waals surface area (Å²) < 4.78 is 12.6. The SMILES string of the molecule is COc1ccc(C(NN)c2csc(Br)c2)c(OC)c1Br. The molecule has 0 aliphatic rings. The molecule has 3 N–H and O–H groups in total. The van der Waals surface area contributed by atoms with Gasteiger partial charge in [0, 0.05) is 5.56 Å². The lowest BCUT2D eigenvalue weighted by atomic mass is 10.0. The van der Waals surface area contributed by atoms with Crippen LogP contribution in [0.3, 0.4) is 0 Å². The third-order valence-electron chi connectivity index (χ3n) is 2.91. The van der Waals surface area contributed by atoms with Crippen LogP contribution in [0.15, 0.2) is 31.8 Å². The fraction of sp³-hybridized carbons (Fsp3) is 0.231. The number of methoxy groups -OCH3 is 2. The number of hydrogen-bond acceptors (Lipinski definition) is 5. The van der Waals surface area contributed by atoms with Crippen molar-refractivity contribution in [2.45, 2.75) is 6.04 Å². The molecule has 0 aliphatic carbocycles. The first-order chi connectivity index (χ1) is 9.62. The van der Waals surface area contributed by atoms with Crippen molar-refractivity contribution in [1.82, 2.24) is 5.43 Å². The Balaban J connectivity index is 2.52. The molecule has 0 fully saturated rings. The van der Waals surface area contributed by atoms with E-state index in [-0.39, 0.29) is 6.04 Å². The number of halogens is 2. The standard InChI is InChI=1S/C13H14Br2N2O2S/c1-18-9-4-3-8(13(19-2)11(9)15)12(17-16)7-5-10(14)20-6-7/h3-6,12,17H,16H2,1-2H3. The third-order valence-corrected chi connectivity index (χ3v) is 5.19. The lowest BCUT2D eigenvalue weighted by molar-refractivity contribution is 0.383. The Kier molecular flexibility index (Phi) is 5.45. The van der Waals surface area contributed by atoms with Gasteiger partial charge in [-0.2, -0.15) is 0 Å². The highest BCUT2D eigenvalue weighted by Crippen LogP contribution is 2.41. The number of rotatable bonds is 5. The smallest absolute Gasteiger partial charge is 0.141 e. The van der Waals surface area contributed by atoms with Crippen LogP contribution in [0.2, 0.25) is 0 Å². The molecule has 0 amide bonds. The Morgan fingerprint density at radius 2 is 2.00 bits per heavy atom. The van der Waals surface area contributed by atoms with Crippen LogP contribution in [0.25, 0.3) is 0 Å². The first-order valence-electron chi connectivity index (χ1n) is 5.72. The van der Waals surface area contributed by atoms with Crippen LogP contribution in [0, 0.1) is 0 Å². The van der Waals surface area contributed by atoms with Crippen LogP contribution in [0.1, 0.15) is 17.2 Å². The summed E-state index contributed by atoms with van der Waals surface area (Å²) >= 11 is 8.58. The molecule has 1 aromatic heterocycles. The van der Waals surface area contributed by atoms with Gasteiger partial charge in [0.05, 0.1) is 24.0 Å². The van der Waals surface area contributed by atoms with Crippen LogP contribution in [-0.4, -0.2) is 14.2 Å². The van der Waals surface area contributed by atoms with E-state index < -0.39 is 0 Å². The van der Waals surface area contributed by atoms with Crippen LogP contribution in [0.4, 0.5) is 0 Å². The monoisotopic (exact) mass is 420 g/mol. The van der Waals surface area contributed by atoms with E-state index >= 15 is 0 Å². The molecular weight excluding hydrogens is 408 g/mol. The number of nitrogens with two attached hydrogens (primary N) is 1. The molecule has 2 aromatic rings.